The Balaban J connectivity index is 2.66. The number of esters is 2. The highest BCUT2D eigenvalue weighted by Gasteiger charge is 2.14. The molecule has 0 aliphatic carbocycles. The Labute approximate surface area is 92.2 Å². The van der Waals surface area contributed by atoms with Crippen molar-refractivity contribution in [3.05, 3.63) is 29.8 Å². The fraction of sp³-hybridized carbons (Fsp3) is 0.182. The molecule has 0 aromatic heterocycles. The number of hydrogen-bond donors (Lipinski definition) is 1. The molecule has 16 heavy (non-hydrogen) atoms. The number of Topliss-reactive ketones (excluding diaryl/α,β-unsaturated/α-hetero) is 1. The van der Waals surface area contributed by atoms with Gasteiger partial charge in [0.1, 0.15) is 12.2 Å². The van der Waals surface area contributed by atoms with E-state index in [2.05, 4.69) is 4.74 Å². The van der Waals surface area contributed by atoms with Crippen molar-refractivity contribution in [3.63, 3.8) is 0 Å². The maximum absolute atomic E-state index is 11.4. The third kappa shape index (κ3) is 3.53. The normalized spacial score (nSPS) is 9.56. The molecule has 0 unspecified atom stereocenters. The third-order valence-corrected chi connectivity index (χ3v) is 1.72. The summed E-state index contributed by atoms with van der Waals surface area (Å²) in [7, 11) is 0. The summed E-state index contributed by atoms with van der Waals surface area (Å²) in [6.45, 7) is 1.24. The smallest absolute Gasteiger partial charge is 0.345 e. The first-order chi connectivity index (χ1) is 7.49. The minimum absolute atomic E-state index is 0.178. The van der Waals surface area contributed by atoms with Crippen molar-refractivity contribution >= 4 is 23.4 Å². The predicted molar refractivity (Wildman–Crippen MR) is 56.6 cm³/mol. The first kappa shape index (κ1) is 11.9. The number of carbonyl (C=O) groups is 3. The number of benzene rings is 1. The molecular formula is C11H11NO4. The molecule has 1 rings (SSSR count). The van der Waals surface area contributed by atoms with Crippen molar-refractivity contribution in [2.75, 3.05) is 5.73 Å². The van der Waals surface area contributed by atoms with E-state index in [1.807, 2.05) is 0 Å². The summed E-state index contributed by atoms with van der Waals surface area (Å²) < 4.78 is 4.45. The molecule has 0 saturated heterocycles. The molecule has 2 N–H and O–H groups in total. The summed E-state index contributed by atoms with van der Waals surface area (Å²) in [5.74, 6) is -2.02. The van der Waals surface area contributed by atoms with E-state index in [1.165, 1.54) is 19.1 Å². The van der Waals surface area contributed by atoms with Crippen molar-refractivity contribution in [2.24, 2.45) is 0 Å². The number of ketones is 1. The second-order valence-corrected chi connectivity index (χ2v) is 3.27. The van der Waals surface area contributed by atoms with Crippen molar-refractivity contribution in [3.8, 4) is 0 Å². The lowest BCUT2D eigenvalue weighted by Gasteiger charge is -2.02. The molecule has 0 radical (unpaired) electrons. The van der Waals surface area contributed by atoms with Crippen LogP contribution in [0.3, 0.4) is 0 Å². The zero-order chi connectivity index (χ0) is 12.1. The number of rotatable bonds is 3. The molecule has 0 spiro atoms. The van der Waals surface area contributed by atoms with Crippen LogP contribution in [-0.2, 0) is 14.3 Å². The molecule has 0 bridgehead atoms. The zero-order valence-electron chi connectivity index (χ0n) is 8.73. The van der Waals surface area contributed by atoms with Gasteiger partial charge in [-0.25, -0.2) is 4.79 Å². The largest absolute Gasteiger partial charge is 0.399 e. The van der Waals surface area contributed by atoms with Gasteiger partial charge < -0.3 is 10.5 Å². The van der Waals surface area contributed by atoms with Crippen molar-refractivity contribution in [1.29, 1.82) is 0 Å². The summed E-state index contributed by atoms with van der Waals surface area (Å²) >= 11 is 0. The number of nitrogens with two attached hydrogens (primary N) is 1. The number of carbonyl (C=O) groups excluding carboxylic acids is 3. The van der Waals surface area contributed by atoms with Crippen LogP contribution in [0.25, 0.3) is 0 Å². The molecule has 0 amide bonds. The van der Waals surface area contributed by atoms with E-state index >= 15 is 0 Å². The van der Waals surface area contributed by atoms with Gasteiger partial charge in [0, 0.05) is 5.69 Å². The summed E-state index contributed by atoms with van der Waals surface area (Å²) in [5.41, 5.74) is 6.04. The lowest BCUT2D eigenvalue weighted by molar-refractivity contribution is -0.140. The molecule has 0 saturated carbocycles. The molecule has 1 aromatic rings. The molecule has 0 atom stereocenters. The summed E-state index contributed by atoms with van der Waals surface area (Å²) in [6, 6.07) is 6.04. The van der Waals surface area contributed by atoms with Crippen LogP contribution < -0.4 is 5.73 Å². The molecule has 0 aliphatic rings. The Bertz CT molecular complexity index is 439. The maximum Gasteiger partial charge on any atom is 0.345 e. The van der Waals surface area contributed by atoms with Crippen LogP contribution in [-0.4, -0.2) is 17.7 Å². The monoisotopic (exact) mass is 221 g/mol. The first-order valence-electron chi connectivity index (χ1n) is 4.59. The fourth-order valence-corrected chi connectivity index (χ4v) is 1.07. The van der Waals surface area contributed by atoms with Gasteiger partial charge in [0.05, 0.1) is 5.56 Å². The number of ether oxygens (including phenoxy) is 1. The van der Waals surface area contributed by atoms with Gasteiger partial charge >= 0.3 is 11.9 Å². The molecular weight excluding hydrogens is 210 g/mol. The first-order valence-corrected chi connectivity index (χ1v) is 4.59. The van der Waals surface area contributed by atoms with E-state index in [1.54, 1.807) is 12.1 Å². The summed E-state index contributed by atoms with van der Waals surface area (Å²) in [6.07, 6.45) is -0.409. The van der Waals surface area contributed by atoms with E-state index in [-0.39, 0.29) is 11.3 Å². The highest BCUT2D eigenvalue weighted by Crippen LogP contribution is 2.08. The summed E-state index contributed by atoms with van der Waals surface area (Å²) in [4.78, 5) is 33.0. The minimum Gasteiger partial charge on any atom is -0.399 e. The Morgan fingerprint density at radius 2 is 2.00 bits per heavy atom. The van der Waals surface area contributed by atoms with E-state index < -0.39 is 18.4 Å². The lowest BCUT2D eigenvalue weighted by atomic mass is 10.2. The maximum atomic E-state index is 11.4. The van der Waals surface area contributed by atoms with Crippen LogP contribution >= 0.6 is 0 Å². The highest BCUT2D eigenvalue weighted by molar-refractivity contribution is 6.02. The lowest BCUT2D eigenvalue weighted by Crippen LogP contribution is -2.15. The van der Waals surface area contributed by atoms with Crippen LogP contribution in [0.2, 0.25) is 0 Å². The van der Waals surface area contributed by atoms with E-state index in [9.17, 15) is 14.4 Å². The van der Waals surface area contributed by atoms with Crippen LogP contribution in [0, 0.1) is 0 Å². The number of hydrogen-bond acceptors (Lipinski definition) is 5. The SMILES string of the molecule is CC(=O)CC(=O)OC(=O)c1cccc(N)c1. The van der Waals surface area contributed by atoms with Gasteiger partial charge in [-0.05, 0) is 25.1 Å². The van der Waals surface area contributed by atoms with Gasteiger partial charge in [-0.1, -0.05) is 6.07 Å². The fourth-order valence-electron chi connectivity index (χ4n) is 1.07. The number of anilines is 1. The zero-order valence-corrected chi connectivity index (χ0v) is 8.73. The Morgan fingerprint density at radius 1 is 1.31 bits per heavy atom. The van der Waals surface area contributed by atoms with Crippen molar-refractivity contribution in [2.45, 2.75) is 13.3 Å². The molecule has 84 valence electrons. The summed E-state index contributed by atoms with van der Waals surface area (Å²) in [5, 5.41) is 0. The van der Waals surface area contributed by atoms with Gasteiger partial charge in [0.2, 0.25) is 0 Å². The van der Waals surface area contributed by atoms with Crippen molar-refractivity contribution in [1.82, 2.24) is 0 Å². The molecule has 1 aromatic carbocycles. The second kappa shape index (κ2) is 5.06. The molecule has 0 aliphatic heterocycles. The van der Waals surface area contributed by atoms with Crippen LogP contribution in [0.15, 0.2) is 24.3 Å². The standard InChI is InChI=1S/C11H11NO4/c1-7(13)5-10(14)16-11(15)8-3-2-4-9(12)6-8/h2-4,6H,5,12H2,1H3. The third-order valence-electron chi connectivity index (χ3n) is 1.72. The topological polar surface area (TPSA) is 86.5 Å². The Morgan fingerprint density at radius 3 is 2.56 bits per heavy atom. The van der Waals surface area contributed by atoms with Crippen LogP contribution in [0.5, 0.6) is 0 Å². The molecule has 0 fully saturated rings. The minimum atomic E-state index is -0.861. The molecule has 5 nitrogen and oxygen atoms in total. The highest BCUT2D eigenvalue weighted by atomic mass is 16.6. The molecule has 5 heteroatoms. The average molecular weight is 221 g/mol. The Kier molecular flexibility index (Phi) is 3.77. The van der Waals surface area contributed by atoms with Gasteiger partial charge in [0.15, 0.2) is 0 Å². The van der Waals surface area contributed by atoms with Crippen LogP contribution in [0.1, 0.15) is 23.7 Å². The van der Waals surface area contributed by atoms with E-state index in [0.29, 0.717) is 5.69 Å². The molecule has 0 heterocycles. The van der Waals surface area contributed by atoms with E-state index in [0.717, 1.165) is 0 Å². The van der Waals surface area contributed by atoms with Gasteiger partial charge in [-0.15, -0.1) is 0 Å². The quantitative estimate of drug-likeness (QED) is 0.466. The van der Waals surface area contributed by atoms with E-state index in [4.69, 9.17) is 5.73 Å². The van der Waals surface area contributed by atoms with Gasteiger partial charge in [0.25, 0.3) is 0 Å². The van der Waals surface area contributed by atoms with Crippen molar-refractivity contribution < 1.29 is 19.1 Å². The number of nitrogen functional groups attached to an aromatic ring is 1. The van der Waals surface area contributed by atoms with Crippen LogP contribution in [0.4, 0.5) is 5.69 Å². The Hall–Kier alpha value is -2.17. The average Bonchev–Trinajstić information content (AvgIpc) is 2.16. The van der Waals surface area contributed by atoms with Gasteiger partial charge in [-0.2, -0.15) is 0 Å². The predicted octanol–water partition coefficient (Wildman–Crippen LogP) is 0.931. The van der Waals surface area contributed by atoms with Gasteiger partial charge in [-0.3, -0.25) is 9.59 Å². The second-order valence-electron chi connectivity index (χ2n) is 3.27.